The molecular weight excluding hydrogens is 314 g/mol. The highest BCUT2D eigenvalue weighted by molar-refractivity contribution is 5.92. The van der Waals surface area contributed by atoms with Crippen molar-refractivity contribution in [2.45, 2.75) is 31.8 Å². The van der Waals surface area contributed by atoms with Gasteiger partial charge >= 0.3 is 0 Å². The summed E-state index contributed by atoms with van der Waals surface area (Å²) in [5.74, 6) is 0.384. The van der Waals surface area contributed by atoms with Gasteiger partial charge < -0.3 is 15.1 Å². The van der Waals surface area contributed by atoms with Crippen molar-refractivity contribution in [2.24, 2.45) is 0 Å². The molecule has 2 unspecified atom stereocenters. The standard InChI is InChI=1S/C20H21N3O2/c1-13(15-9-8-14-5-2-3-6-16(14)11-15)22-19(24)18-12-25-20(23-18)17-7-4-10-21-17/h2-3,5-6,8-9,11-13,17,21H,4,7,10H2,1H3,(H,22,24). The van der Waals surface area contributed by atoms with Gasteiger partial charge in [0.15, 0.2) is 5.69 Å². The highest BCUT2D eigenvalue weighted by atomic mass is 16.3. The Morgan fingerprint density at radius 1 is 1.28 bits per heavy atom. The van der Waals surface area contributed by atoms with E-state index in [0.29, 0.717) is 11.6 Å². The first-order valence-electron chi connectivity index (χ1n) is 8.69. The van der Waals surface area contributed by atoms with E-state index in [-0.39, 0.29) is 18.0 Å². The van der Waals surface area contributed by atoms with Crippen LogP contribution in [-0.4, -0.2) is 17.4 Å². The van der Waals surface area contributed by atoms with Gasteiger partial charge in [-0.05, 0) is 48.7 Å². The quantitative estimate of drug-likeness (QED) is 0.762. The lowest BCUT2D eigenvalue weighted by Crippen LogP contribution is -2.27. The molecule has 1 saturated heterocycles. The number of aromatic nitrogens is 1. The van der Waals surface area contributed by atoms with Gasteiger partial charge in [-0.15, -0.1) is 0 Å². The number of rotatable bonds is 4. The molecule has 2 N–H and O–H groups in total. The Kier molecular flexibility index (Phi) is 4.24. The second kappa shape index (κ2) is 6.69. The molecule has 2 aromatic carbocycles. The molecule has 0 spiro atoms. The Bertz CT molecular complexity index is 897. The maximum atomic E-state index is 12.5. The molecule has 0 saturated carbocycles. The van der Waals surface area contributed by atoms with E-state index in [0.717, 1.165) is 30.3 Å². The van der Waals surface area contributed by atoms with Crippen LogP contribution in [0.25, 0.3) is 10.8 Å². The summed E-state index contributed by atoms with van der Waals surface area (Å²) in [5.41, 5.74) is 1.39. The van der Waals surface area contributed by atoms with E-state index in [9.17, 15) is 4.79 Å². The van der Waals surface area contributed by atoms with Crippen molar-refractivity contribution in [3.63, 3.8) is 0 Å². The van der Waals surface area contributed by atoms with Gasteiger partial charge in [0.2, 0.25) is 5.89 Å². The van der Waals surface area contributed by atoms with Gasteiger partial charge in [0.25, 0.3) is 5.91 Å². The Morgan fingerprint density at radius 2 is 2.12 bits per heavy atom. The van der Waals surface area contributed by atoms with E-state index in [1.54, 1.807) is 0 Å². The summed E-state index contributed by atoms with van der Waals surface area (Å²) in [6.45, 7) is 2.94. The molecule has 2 atom stereocenters. The largest absolute Gasteiger partial charge is 0.446 e. The van der Waals surface area contributed by atoms with E-state index in [1.807, 2.05) is 25.1 Å². The van der Waals surface area contributed by atoms with E-state index < -0.39 is 0 Å². The monoisotopic (exact) mass is 335 g/mol. The van der Waals surface area contributed by atoms with Crippen LogP contribution in [-0.2, 0) is 0 Å². The molecule has 1 amide bonds. The molecule has 128 valence electrons. The molecule has 4 rings (SSSR count). The van der Waals surface area contributed by atoms with Crippen LogP contribution in [0, 0.1) is 0 Å². The van der Waals surface area contributed by atoms with E-state index in [2.05, 4.69) is 39.9 Å². The number of nitrogens with zero attached hydrogens (tertiary/aromatic N) is 1. The fraction of sp³-hybridized carbons (Fsp3) is 0.300. The minimum atomic E-state index is -0.214. The zero-order valence-corrected chi connectivity index (χ0v) is 14.2. The van der Waals surface area contributed by atoms with E-state index in [1.165, 1.54) is 11.6 Å². The fourth-order valence-electron chi connectivity index (χ4n) is 3.28. The van der Waals surface area contributed by atoms with Gasteiger partial charge in [0, 0.05) is 0 Å². The Morgan fingerprint density at radius 3 is 2.92 bits per heavy atom. The van der Waals surface area contributed by atoms with Gasteiger partial charge in [-0.1, -0.05) is 36.4 Å². The van der Waals surface area contributed by atoms with Crippen molar-refractivity contribution >= 4 is 16.7 Å². The molecule has 1 aromatic heterocycles. The van der Waals surface area contributed by atoms with Crippen LogP contribution >= 0.6 is 0 Å². The lowest BCUT2D eigenvalue weighted by molar-refractivity contribution is 0.0935. The average Bonchev–Trinajstić information content (AvgIpc) is 3.32. The third-order valence-corrected chi connectivity index (χ3v) is 4.73. The zero-order chi connectivity index (χ0) is 17.2. The number of benzene rings is 2. The number of nitrogens with one attached hydrogen (secondary N) is 2. The molecule has 0 bridgehead atoms. The first-order valence-corrected chi connectivity index (χ1v) is 8.69. The Balaban J connectivity index is 1.47. The molecule has 1 fully saturated rings. The Labute approximate surface area is 146 Å². The van der Waals surface area contributed by atoms with Gasteiger partial charge in [-0.2, -0.15) is 0 Å². The molecule has 3 aromatic rings. The molecule has 5 heteroatoms. The van der Waals surface area contributed by atoms with Gasteiger partial charge in [0.05, 0.1) is 12.1 Å². The van der Waals surface area contributed by atoms with Crippen LogP contribution in [0.5, 0.6) is 0 Å². The van der Waals surface area contributed by atoms with Crippen LogP contribution in [0.15, 0.2) is 53.1 Å². The van der Waals surface area contributed by atoms with Crippen LogP contribution in [0.1, 0.15) is 53.8 Å². The second-order valence-corrected chi connectivity index (χ2v) is 6.52. The molecular formula is C20H21N3O2. The second-order valence-electron chi connectivity index (χ2n) is 6.52. The molecule has 0 radical (unpaired) electrons. The van der Waals surface area contributed by atoms with Gasteiger partial charge in [-0.3, -0.25) is 4.79 Å². The minimum absolute atomic E-state index is 0.109. The van der Waals surface area contributed by atoms with E-state index >= 15 is 0 Å². The summed E-state index contributed by atoms with van der Waals surface area (Å²) >= 11 is 0. The van der Waals surface area contributed by atoms with Crippen LogP contribution < -0.4 is 10.6 Å². The smallest absolute Gasteiger partial charge is 0.273 e. The lowest BCUT2D eigenvalue weighted by atomic mass is 10.0. The normalized spacial score (nSPS) is 18.4. The molecule has 2 heterocycles. The topological polar surface area (TPSA) is 67.2 Å². The van der Waals surface area contributed by atoms with Crippen molar-refractivity contribution < 1.29 is 9.21 Å². The molecule has 1 aliphatic rings. The zero-order valence-electron chi connectivity index (χ0n) is 14.2. The number of amides is 1. The number of carbonyl (C=O) groups excluding carboxylic acids is 1. The van der Waals surface area contributed by atoms with Gasteiger partial charge in [-0.25, -0.2) is 4.98 Å². The molecule has 5 nitrogen and oxygen atoms in total. The van der Waals surface area contributed by atoms with Crippen LogP contribution in [0.4, 0.5) is 0 Å². The van der Waals surface area contributed by atoms with Crippen LogP contribution in [0.3, 0.4) is 0 Å². The van der Waals surface area contributed by atoms with Crippen molar-refractivity contribution in [1.82, 2.24) is 15.6 Å². The number of carbonyl (C=O) groups is 1. The molecule has 1 aliphatic heterocycles. The highest BCUT2D eigenvalue weighted by Crippen LogP contribution is 2.23. The average molecular weight is 335 g/mol. The van der Waals surface area contributed by atoms with Crippen molar-refractivity contribution in [2.75, 3.05) is 6.54 Å². The van der Waals surface area contributed by atoms with Crippen LogP contribution in [0.2, 0.25) is 0 Å². The summed E-state index contributed by atoms with van der Waals surface area (Å²) < 4.78 is 5.48. The SMILES string of the molecule is CC(NC(=O)c1coc(C2CCCN2)n1)c1ccc2ccccc2c1. The lowest BCUT2D eigenvalue weighted by Gasteiger charge is -2.14. The molecule has 25 heavy (non-hydrogen) atoms. The third-order valence-electron chi connectivity index (χ3n) is 4.73. The van der Waals surface area contributed by atoms with Crippen molar-refractivity contribution in [3.05, 3.63) is 65.9 Å². The minimum Gasteiger partial charge on any atom is -0.446 e. The third kappa shape index (κ3) is 3.28. The van der Waals surface area contributed by atoms with E-state index in [4.69, 9.17) is 4.42 Å². The molecule has 0 aliphatic carbocycles. The predicted octanol–water partition coefficient (Wildman–Crippen LogP) is 3.74. The highest BCUT2D eigenvalue weighted by Gasteiger charge is 2.23. The van der Waals surface area contributed by atoms with Crippen molar-refractivity contribution in [1.29, 1.82) is 0 Å². The first-order chi connectivity index (χ1) is 12.2. The van der Waals surface area contributed by atoms with Gasteiger partial charge in [0.1, 0.15) is 6.26 Å². The fourth-order valence-corrected chi connectivity index (χ4v) is 3.28. The Hall–Kier alpha value is -2.66. The number of fused-ring (bicyclic) bond motifs is 1. The maximum absolute atomic E-state index is 12.5. The summed E-state index contributed by atoms with van der Waals surface area (Å²) in [5, 5.41) is 8.67. The summed E-state index contributed by atoms with van der Waals surface area (Å²) in [4.78, 5) is 16.8. The number of hydrogen-bond donors (Lipinski definition) is 2. The summed E-state index contributed by atoms with van der Waals surface area (Å²) in [7, 11) is 0. The summed E-state index contributed by atoms with van der Waals surface area (Å²) in [6.07, 6.45) is 3.54. The number of hydrogen-bond acceptors (Lipinski definition) is 4. The number of oxazole rings is 1. The maximum Gasteiger partial charge on any atom is 0.273 e. The summed E-state index contributed by atoms with van der Waals surface area (Å²) in [6, 6.07) is 14.4. The first kappa shape index (κ1) is 15.8. The predicted molar refractivity (Wildman–Crippen MR) is 96.3 cm³/mol. The van der Waals surface area contributed by atoms with Crippen molar-refractivity contribution in [3.8, 4) is 0 Å².